The van der Waals surface area contributed by atoms with Crippen molar-refractivity contribution in [3.8, 4) is 6.07 Å². The Labute approximate surface area is 81.3 Å². The Kier molecular flexibility index (Phi) is 3.02. The molecule has 0 N–H and O–H groups in total. The average Bonchev–Trinajstić information content (AvgIpc) is 2.06. The topological polar surface area (TPSA) is 23.8 Å². The van der Waals surface area contributed by atoms with E-state index in [0.717, 1.165) is 10.5 Å². The summed E-state index contributed by atoms with van der Waals surface area (Å²) in [6, 6.07) is 5.71. The molecule has 0 atom stereocenters. The Morgan fingerprint density at radius 3 is 2.67 bits per heavy atom. The van der Waals surface area contributed by atoms with Crippen LogP contribution < -0.4 is 0 Å². The van der Waals surface area contributed by atoms with Crippen LogP contribution in [0.3, 0.4) is 0 Å². The summed E-state index contributed by atoms with van der Waals surface area (Å²) in [6.07, 6.45) is 1.95. The fourth-order valence-corrected chi connectivity index (χ4v) is 2.15. The van der Waals surface area contributed by atoms with Crippen molar-refractivity contribution in [3.05, 3.63) is 28.3 Å². The molecule has 62 valence electrons. The van der Waals surface area contributed by atoms with Gasteiger partial charge in [0.05, 0.1) is 10.6 Å². The second-order valence-electron chi connectivity index (χ2n) is 2.39. The van der Waals surface area contributed by atoms with Crippen molar-refractivity contribution in [3.63, 3.8) is 0 Å². The molecule has 0 fully saturated rings. The molecular formula is C9H8ClNS. The van der Waals surface area contributed by atoms with Crippen LogP contribution in [0.5, 0.6) is 0 Å². The van der Waals surface area contributed by atoms with Crippen molar-refractivity contribution in [1.29, 1.82) is 5.26 Å². The number of nitrogens with zero attached hydrogens (tertiary/aromatic N) is 1. The van der Waals surface area contributed by atoms with E-state index in [9.17, 15) is 0 Å². The minimum atomic E-state index is 0.548. The molecule has 1 aromatic carbocycles. The van der Waals surface area contributed by atoms with Crippen LogP contribution in [0.1, 0.15) is 11.1 Å². The number of thioether (sulfide) groups is 1. The third kappa shape index (κ3) is 1.57. The van der Waals surface area contributed by atoms with Gasteiger partial charge in [-0.15, -0.1) is 11.8 Å². The summed E-state index contributed by atoms with van der Waals surface area (Å²) in [6.45, 7) is 1.98. The summed E-state index contributed by atoms with van der Waals surface area (Å²) >= 11 is 7.54. The molecule has 0 saturated heterocycles. The SMILES string of the molecule is CSc1c(C)ccc(C#N)c1Cl. The maximum atomic E-state index is 8.69. The smallest absolute Gasteiger partial charge is 0.101 e. The van der Waals surface area contributed by atoms with Gasteiger partial charge in [-0.2, -0.15) is 5.26 Å². The Hall–Kier alpha value is -0.650. The van der Waals surface area contributed by atoms with E-state index in [1.54, 1.807) is 17.8 Å². The Bertz CT molecular complexity index is 341. The van der Waals surface area contributed by atoms with E-state index in [1.165, 1.54) is 0 Å². The minimum absolute atomic E-state index is 0.548. The highest BCUT2D eigenvalue weighted by molar-refractivity contribution is 7.98. The number of rotatable bonds is 1. The molecule has 0 aliphatic rings. The maximum Gasteiger partial charge on any atom is 0.101 e. The van der Waals surface area contributed by atoms with Crippen molar-refractivity contribution in [2.75, 3.05) is 6.26 Å². The summed E-state index contributed by atoms with van der Waals surface area (Å²) in [5.41, 5.74) is 1.66. The Morgan fingerprint density at radius 2 is 2.17 bits per heavy atom. The number of hydrogen-bond acceptors (Lipinski definition) is 2. The number of aryl methyl sites for hydroxylation is 1. The first-order chi connectivity index (χ1) is 5.70. The molecule has 1 rings (SSSR count). The van der Waals surface area contributed by atoms with Gasteiger partial charge in [0.1, 0.15) is 6.07 Å². The van der Waals surface area contributed by atoms with E-state index in [-0.39, 0.29) is 0 Å². The Morgan fingerprint density at radius 1 is 1.50 bits per heavy atom. The molecule has 3 heteroatoms. The molecule has 0 heterocycles. The lowest BCUT2D eigenvalue weighted by atomic mass is 10.2. The molecular weight excluding hydrogens is 190 g/mol. The van der Waals surface area contributed by atoms with Crippen LogP contribution in [0.2, 0.25) is 5.02 Å². The number of nitriles is 1. The minimum Gasteiger partial charge on any atom is -0.192 e. The summed E-state index contributed by atoms with van der Waals surface area (Å²) in [5, 5.41) is 9.26. The molecule has 12 heavy (non-hydrogen) atoms. The average molecular weight is 198 g/mol. The van der Waals surface area contributed by atoms with Crippen LogP contribution in [0, 0.1) is 18.3 Å². The first-order valence-electron chi connectivity index (χ1n) is 3.44. The van der Waals surface area contributed by atoms with Gasteiger partial charge in [-0.05, 0) is 24.8 Å². The summed E-state index contributed by atoms with van der Waals surface area (Å²) in [7, 11) is 0. The van der Waals surface area contributed by atoms with E-state index >= 15 is 0 Å². The van der Waals surface area contributed by atoms with E-state index in [0.29, 0.717) is 10.6 Å². The van der Waals surface area contributed by atoms with Crippen molar-refractivity contribution >= 4 is 23.4 Å². The van der Waals surface area contributed by atoms with Gasteiger partial charge in [-0.25, -0.2) is 0 Å². The van der Waals surface area contributed by atoms with Gasteiger partial charge in [0.25, 0.3) is 0 Å². The second kappa shape index (κ2) is 3.84. The molecule has 0 radical (unpaired) electrons. The fraction of sp³-hybridized carbons (Fsp3) is 0.222. The molecule has 0 unspecified atom stereocenters. The van der Waals surface area contributed by atoms with Crippen LogP contribution in [0.25, 0.3) is 0 Å². The van der Waals surface area contributed by atoms with E-state index in [4.69, 9.17) is 16.9 Å². The number of halogens is 1. The molecule has 1 aromatic rings. The van der Waals surface area contributed by atoms with Crippen molar-refractivity contribution in [1.82, 2.24) is 0 Å². The quantitative estimate of drug-likeness (QED) is 0.646. The fourth-order valence-electron chi connectivity index (χ4n) is 0.990. The zero-order valence-corrected chi connectivity index (χ0v) is 8.46. The van der Waals surface area contributed by atoms with Gasteiger partial charge in [-0.3, -0.25) is 0 Å². The highest BCUT2D eigenvalue weighted by Crippen LogP contribution is 2.31. The predicted molar refractivity (Wildman–Crippen MR) is 52.7 cm³/mol. The predicted octanol–water partition coefficient (Wildman–Crippen LogP) is 3.24. The van der Waals surface area contributed by atoms with Crippen LogP contribution in [-0.2, 0) is 0 Å². The van der Waals surface area contributed by atoms with Crippen LogP contribution in [0.4, 0.5) is 0 Å². The highest BCUT2D eigenvalue weighted by atomic mass is 35.5. The standard InChI is InChI=1S/C9H8ClNS/c1-6-3-4-7(5-11)8(10)9(6)12-2/h3-4H,1-2H3. The molecule has 1 nitrogen and oxygen atoms in total. The molecule has 0 aliphatic heterocycles. The van der Waals surface area contributed by atoms with Gasteiger partial charge in [-0.1, -0.05) is 17.7 Å². The zero-order valence-electron chi connectivity index (χ0n) is 6.89. The van der Waals surface area contributed by atoms with E-state index in [1.807, 2.05) is 19.2 Å². The number of benzene rings is 1. The molecule has 0 amide bonds. The second-order valence-corrected chi connectivity index (χ2v) is 3.58. The van der Waals surface area contributed by atoms with E-state index < -0.39 is 0 Å². The van der Waals surface area contributed by atoms with Crippen LogP contribution in [0.15, 0.2) is 17.0 Å². The van der Waals surface area contributed by atoms with Crippen molar-refractivity contribution in [2.45, 2.75) is 11.8 Å². The van der Waals surface area contributed by atoms with Crippen LogP contribution in [-0.4, -0.2) is 6.26 Å². The summed E-state index contributed by atoms with van der Waals surface area (Å²) in [5.74, 6) is 0. The summed E-state index contributed by atoms with van der Waals surface area (Å²) in [4.78, 5) is 0.996. The normalized spacial score (nSPS) is 9.50. The first kappa shape index (κ1) is 9.44. The molecule has 0 aromatic heterocycles. The lowest BCUT2D eigenvalue weighted by molar-refractivity contribution is 1.29. The zero-order chi connectivity index (χ0) is 9.14. The van der Waals surface area contributed by atoms with Crippen molar-refractivity contribution < 1.29 is 0 Å². The highest BCUT2D eigenvalue weighted by Gasteiger charge is 2.07. The van der Waals surface area contributed by atoms with Crippen LogP contribution >= 0.6 is 23.4 Å². The lowest BCUT2D eigenvalue weighted by Crippen LogP contribution is -1.84. The molecule has 0 spiro atoms. The third-order valence-corrected chi connectivity index (χ3v) is 3.06. The van der Waals surface area contributed by atoms with Gasteiger partial charge in [0.2, 0.25) is 0 Å². The monoisotopic (exact) mass is 197 g/mol. The Balaban J connectivity index is 3.36. The van der Waals surface area contributed by atoms with Crippen molar-refractivity contribution in [2.24, 2.45) is 0 Å². The van der Waals surface area contributed by atoms with Gasteiger partial charge < -0.3 is 0 Å². The van der Waals surface area contributed by atoms with Gasteiger partial charge in [0.15, 0.2) is 0 Å². The first-order valence-corrected chi connectivity index (χ1v) is 5.04. The lowest BCUT2D eigenvalue weighted by Gasteiger charge is -2.05. The summed E-state index contributed by atoms with van der Waals surface area (Å²) < 4.78 is 0. The largest absolute Gasteiger partial charge is 0.192 e. The maximum absolute atomic E-state index is 8.69. The number of hydrogen-bond donors (Lipinski definition) is 0. The van der Waals surface area contributed by atoms with Gasteiger partial charge >= 0.3 is 0 Å². The molecule has 0 bridgehead atoms. The third-order valence-electron chi connectivity index (χ3n) is 1.62. The van der Waals surface area contributed by atoms with E-state index in [2.05, 4.69) is 6.07 Å². The molecule has 0 aliphatic carbocycles. The molecule has 0 saturated carbocycles. The van der Waals surface area contributed by atoms with Gasteiger partial charge in [0, 0.05) is 4.90 Å².